The van der Waals surface area contributed by atoms with E-state index in [0.29, 0.717) is 11.1 Å². The summed E-state index contributed by atoms with van der Waals surface area (Å²) >= 11 is 0. The first-order valence-corrected chi connectivity index (χ1v) is 7.90. The van der Waals surface area contributed by atoms with E-state index in [1.807, 2.05) is 0 Å². The zero-order valence-electron chi connectivity index (χ0n) is 12.1. The summed E-state index contributed by atoms with van der Waals surface area (Å²) in [6.07, 6.45) is 0. The number of aryl methyl sites for hydroxylation is 2. The van der Waals surface area contributed by atoms with Crippen LogP contribution in [0.5, 0.6) is 0 Å². The van der Waals surface area contributed by atoms with Crippen molar-refractivity contribution < 1.29 is 12.8 Å². The molecule has 0 atom stereocenters. The van der Waals surface area contributed by atoms with Gasteiger partial charge in [0, 0.05) is 12.7 Å². The molecule has 0 heterocycles. The maximum absolute atomic E-state index is 13.6. The highest BCUT2D eigenvalue weighted by atomic mass is 32.2. The van der Waals surface area contributed by atoms with Gasteiger partial charge in [-0.15, -0.1) is 0 Å². The predicted octanol–water partition coefficient (Wildman–Crippen LogP) is 3.29. The minimum absolute atomic E-state index is 0.0611. The van der Waals surface area contributed by atoms with Crippen molar-refractivity contribution in [2.45, 2.75) is 18.7 Å². The molecule has 2 aromatic rings. The molecule has 0 spiro atoms. The summed E-state index contributed by atoms with van der Waals surface area (Å²) in [6.45, 7) is 3.42. The molecular weight excluding hydrogens is 291 g/mol. The van der Waals surface area contributed by atoms with Gasteiger partial charge in [-0.1, -0.05) is 12.1 Å². The molecule has 0 radical (unpaired) electrons. The lowest BCUT2D eigenvalue weighted by molar-refractivity contribution is 0.597. The SMILES string of the molecule is CNc1cc(C)c(S(=O)(=O)Nc2ccccc2F)c(C)c1. The molecule has 0 fully saturated rings. The van der Waals surface area contributed by atoms with Crippen molar-refractivity contribution in [1.82, 2.24) is 0 Å². The van der Waals surface area contributed by atoms with Gasteiger partial charge in [0.2, 0.25) is 0 Å². The van der Waals surface area contributed by atoms with E-state index < -0.39 is 15.8 Å². The number of halogens is 1. The third-order valence-electron chi connectivity index (χ3n) is 3.14. The van der Waals surface area contributed by atoms with Gasteiger partial charge in [-0.2, -0.15) is 0 Å². The lowest BCUT2D eigenvalue weighted by Crippen LogP contribution is -2.16. The van der Waals surface area contributed by atoms with Crippen molar-refractivity contribution in [2.75, 3.05) is 17.1 Å². The van der Waals surface area contributed by atoms with Crippen LogP contribution in [-0.2, 0) is 10.0 Å². The minimum Gasteiger partial charge on any atom is -0.388 e. The molecule has 0 bridgehead atoms. The first kappa shape index (κ1) is 15.3. The topological polar surface area (TPSA) is 58.2 Å². The van der Waals surface area contributed by atoms with Crippen molar-refractivity contribution in [3.63, 3.8) is 0 Å². The summed E-state index contributed by atoms with van der Waals surface area (Å²) in [6, 6.07) is 9.16. The van der Waals surface area contributed by atoms with E-state index >= 15 is 0 Å². The van der Waals surface area contributed by atoms with E-state index in [9.17, 15) is 12.8 Å². The maximum Gasteiger partial charge on any atom is 0.262 e. The Morgan fingerprint density at radius 3 is 2.14 bits per heavy atom. The molecule has 2 aromatic carbocycles. The lowest BCUT2D eigenvalue weighted by atomic mass is 10.1. The average molecular weight is 308 g/mol. The Kier molecular flexibility index (Phi) is 4.18. The third kappa shape index (κ3) is 3.16. The number of hydrogen-bond donors (Lipinski definition) is 2. The Labute approximate surface area is 124 Å². The molecule has 0 saturated carbocycles. The Bertz CT molecular complexity index is 750. The number of para-hydroxylation sites is 1. The Balaban J connectivity index is 2.48. The quantitative estimate of drug-likeness (QED) is 0.911. The van der Waals surface area contributed by atoms with E-state index in [-0.39, 0.29) is 10.6 Å². The number of rotatable bonds is 4. The van der Waals surface area contributed by atoms with Crippen LogP contribution in [0, 0.1) is 19.7 Å². The van der Waals surface area contributed by atoms with Gasteiger partial charge in [0.1, 0.15) is 5.82 Å². The molecule has 0 aromatic heterocycles. The second-order valence-electron chi connectivity index (χ2n) is 4.77. The normalized spacial score (nSPS) is 11.2. The van der Waals surface area contributed by atoms with Gasteiger partial charge >= 0.3 is 0 Å². The molecule has 2 N–H and O–H groups in total. The Morgan fingerprint density at radius 1 is 1.05 bits per heavy atom. The summed E-state index contributed by atoms with van der Waals surface area (Å²) in [5.74, 6) is -0.608. The van der Waals surface area contributed by atoms with Crippen LogP contribution in [0.4, 0.5) is 15.8 Å². The number of anilines is 2. The first-order valence-electron chi connectivity index (χ1n) is 6.41. The summed E-state index contributed by atoms with van der Waals surface area (Å²) in [5, 5.41) is 2.97. The zero-order chi connectivity index (χ0) is 15.6. The third-order valence-corrected chi connectivity index (χ3v) is 4.81. The highest BCUT2D eigenvalue weighted by Gasteiger charge is 2.21. The van der Waals surface area contributed by atoms with Crippen molar-refractivity contribution >= 4 is 21.4 Å². The molecule has 4 nitrogen and oxygen atoms in total. The molecule has 0 aliphatic rings. The minimum atomic E-state index is -3.84. The molecule has 112 valence electrons. The van der Waals surface area contributed by atoms with E-state index in [2.05, 4.69) is 10.0 Å². The van der Waals surface area contributed by atoms with Crippen LogP contribution in [0.25, 0.3) is 0 Å². The molecule has 6 heteroatoms. The standard InChI is InChI=1S/C15H17FN2O2S/c1-10-8-12(17-3)9-11(2)15(10)21(19,20)18-14-7-5-4-6-13(14)16/h4-9,17-18H,1-3H3. The van der Waals surface area contributed by atoms with E-state index in [1.165, 1.54) is 18.2 Å². The summed E-state index contributed by atoms with van der Waals surface area (Å²) < 4.78 is 40.9. The monoisotopic (exact) mass is 308 g/mol. The highest BCUT2D eigenvalue weighted by Crippen LogP contribution is 2.27. The fourth-order valence-electron chi connectivity index (χ4n) is 2.26. The van der Waals surface area contributed by atoms with Crippen molar-refractivity contribution in [2.24, 2.45) is 0 Å². The molecule has 0 aliphatic carbocycles. The smallest absolute Gasteiger partial charge is 0.262 e. The highest BCUT2D eigenvalue weighted by molar-refractivity contribution is 7.92. The van der Waals surface area contributed by atoms with Crippen LogP contribution in [0.3, 0.4) is 0 Å². The van der Waals surface area contributed by atoms with Gasteiger partial charge in [0.15, 0.2) is 0 Å². The van der Waals surface area contributed by atoms with Gasteiger partial charge in [-0.05, 0) is 49.2 Å². The second-order valence-corrected chi connectivity index (χ2v) is 6.39. The number of sulfonamides is 1. The lowest BCUT2D eigenvalue weighted by Gasteiger charge is -2.15. The van der Waals surface area contributed by atoms with Crippen molar-refractivity contribution in [3.8, 4) is 0 Å². The fourth-order valence-corrected chi connectivity index (χ4v) is 3.78. The number of hydrogen-bond acceptors (Lipinski definition) is 3. The molecule has 0 unspecified atom stereocenters. The van der Waals surface area contributed by atoms with Gasteiger partial charge in [0.25, 0.3) is 10.0 Å². The fraction of sp³-hybridized carbons (Fsp3) is 0.200. The molecular formula is C15H17FN2O2S. The predicted molar refractivity (Wildman–Crippen MR) is 82.7 cm³/mol. The van der Waals surface area contributed by atoms with E-state index in [0.717, 1.165) is 5.69 Å². The first-order chi connectivity index (χ1) is 9.85. The molecule has 0 aliphatic heterocycles. The number of nitrogens with one attached hydrogen (secondary N) is 2. The van der Waals surface area contributed by atoms with Crippen LogP contribution in [0.15, 0.2) is 41.3 Å². The molecule has 2 rings (SSSR count). The second kappa shape index (κ2) is 5.73. The Hall–Kier alpha value is -2.08. The van der Waals surface area contributed by atoms with Crippen LogP contribution >= 0.6 is 0 Å². The number of benzene rings is 2. The molecule has 21 heavy (non-hydrogen) atoms. The van der Waals surface area contributed by atoms with Crippen molar-refractivity contribution in [1.29, 1.82) is 0 Å². The van der Waals surface area contributed by atoms with Gasteiger partial charge in [-0.25, -0.2) is 12.8 Å². The summed E-state index contributed by atoms with van der Waals surface area (Å²) in [5.41, 5.74) is 1.97. The van der Waals surface area contributed by atoms with Crippen molar-refractivity contribution in [3.05, 3.63) is 53.3 Å². The van der Waals surface area contributed by atoms with Gasteiger partial charge in [-0.3, -0.25) is 4.72 Å². The maximum atomic E-state index is 13.6. The van der Waals surface area contributed by atoms with Gasteiger partial charge < -0.3 is 5.32 Å². The zero-order valence-corrected chi connectivity index (χ0v) is 12.9. The molecule has 0 saturated heterocycles. The Morgan fingerprint density at radius 2 is 1.62 bits per heavy atom. The van der Waals surface area contributed by atoms with E-state index in [1.54, 1.807) is 39.1 Å². The molecule has 0 amide bonds. The van der Waals surface area contributed by atoms with Crippen LogP contribution in [0.2, 0.25) is 0 Å². The average Bonchev–Trinajstić information content (AvgIpc) is 2.40. The largest absolute Gasteiger partial charge is 0.388 e. The van der Waals surface area contributed by atoms with E-state index in [4.69, 9.17) is 0 Å². The van der Waals surface area contributed by atoms with Crippen LogP contribution < -0.4 is 10.0 Å². The van der Waals surface area contributed by atoms with Crippen LogP contribution in [-0.4, -0.2) is 15.5 Å². The summed E-state index contributed by atoms with van der Waals surface area (Å²) in [4.78, 5) is 0.171. The van der Waals surface area contributed by atoms with Crippen LogP contribution in [0.1, 0.15) is 11.1 Å². The van der Waals surface area contributed by atoms with Gasteiger partial charge in [0.05, 0.1) is 10.6 Å². The summed E-state index contributed by atoms with van der Waals surface area (Å²) in [7, 11) is -2.08.